The van der Waals surface area contributed by atoms with Crippen LogP contribution in [0.5, 0.6) is 0 Å². The third-order valence-corrected chi connectivity index (χ3v) is 11.1. The van der Waals surface area contributed by atoms with E-state index < -0.39 is 33.0 Å². The van der Waals surface area contributed by atoms with Crippen LogP contribution in [0, 0.1) is 12.3 Å². The van der Waals surface area contributed by atoms with Gasteiger partial charge in [0.2, 0.25) is 5.95 Å². The first-order valence-corrected chi connectivity index (χ1v) is 15.7. The van der Waals surface area contributed by atoms with E-state index in [9.17, 15) is 27.1 Å². The van der Waals surface area contributed by atoms with Gasteiger partial charge in [-0.25, -0.2) is 22.2 Å². The SMILES string of the molecule is Cc1cc(NC(=O)c2ccc(S(=O)(=O)[C@@H]3COC[C@H]3O)cc2N2CCC3(CC2)CC3)nc(N2CCC(F)(F)CC2)n1. The smallest absolute Gasteiger partial charge is 0.258 e. The number of aromatic nitrogens is 2. The molecular formula is C28H35F2N5O5S. The number of carbonyl (C=O) groups is 1. The van der Waals surface area contributed by atoms with Crippen LogP contribution in [0.2, 0.25) is 0 Å². The van der Waals surface area contributed by atoms with Crippen LogP contribution < -0.4 is 15.1 Å². The van der Waals surface area contributed by atoms with Gasteiger partial charge in [-0.15, -0.1) is 0 Å². The van der Waals surface area contributed by atoms with Gasteiger partial charge in [-0.1, -0.05) is 0 Å². The van der Waals surface area contributed by atoms with Gasteiger partial charge in [-0.05, 0) is 56.2 Å². The quantitative estimate of drug-likeness (QED) is 0.521. The molecule has 6 rings (SSSR count). The number of nitrogens with one attached hydrogen (secondary N) is 1. The highest BCUT2D eigenvalue weighted by molar-refractivity contribution is 7.92. The fourth-order valence-electron chi connectivity index (χ4n) is 6.01. The number of piperidine rings is 2. The molecule has 3 aliphatic heterocycles. The first-order valence-electron chi connectivity index (χ1n) is 14.1. The highest BCUT2D eigenvalue weighted by Crippen LogP contribution is 2.54. The van der Waals surface area contributed by atoms with Gasteiger partial charge in [0.05, 0.1) is 35.5 Å². The molecule has 1 aromatic carbocycles. The largest absolute Gasteiger partial charge is 0.389 e. The van der Waals surface area contributed by atoms with Crippen LogP contribution in [-0.2, 0) is 14.6 Å². The fourth-order valence-corrected chi connectivity index (χ4v) is 7.66. The predicted molar refractivity (Wildman–Crippen MR) is 148 cm³/mol. The normalized spacial score (nSPS) is 25.4. The molecular weight excluding hydrogens is 556 g/mol. The van der Waals surface area contributed by atoms with Crippen molar-refractivity contribution in [3.63, 3.8) is 0 Å². The van der Waals surface area contributed by atoms with E-state index in [-0.39, 0.29) is 55.8 Å². The number of ether oxygens (including phenoxy) is 1. The monoisotopic (exact) mass is 591 g/mol. The minimum absolute atomic E-state index is 0.0346. The van der Waals surface area contributed by atoms with Gasteiger partial charge in [-0.3, -0.25) is 4.79 Å². The number of aryl methyl sites for hydroxylation is 1. The van der Waals surface area contributed by atoms with E-state index in [0.29, 0.717) is 35.4 Å². The summed E-state index contributed by atoms with van der Waals surface area (Å²) in [5.41, 5.74) is 1.76. The first-order chi connectivity index (χ1) is 19.4. The Morgan fingerprint density at radius 3 is 2.32 bits per heavy atom. The third-order valence-electron chi connectivity index (χ3n) is 8.92. The summed E-state index contributed by atoms with van der Waals surface area (Å²) in [6.07, 6.45) is 2.67. The number of alkyl halides is 2. The molecule has 1 spiro atoms. The van der Waals surface area contributed by atoms with Crippen molar-refractivity contribution in [1.82, 2.24) is 9.97 Å². The molecule has 4 fully saturated rings. The lowest BCUT2D eigenvalue weighted by Gasteiger charge is -2.35. The molecule has 222 valence electrons. The Morgan fingerprint density at radius 1 is 1.00 bits per heavy atom. The van der Waals surface area contributed by atoms with Gasteiger partial charge in [0.1, 0.15) is 11.1 Å². The molecule has 41 heavy (non-hydrogen) atoms. The number of carbonyl (C=O) groups excluding carboxylic acids is 1. The Hall–Kier alpha value is -2.90. The van der Waals surface area contributed by atoms with E-state index in [1.165, 1.54) is 31.0 Å². The topological polar surface area (TPSA) is 125 Å². The van der Waals surface area contributed by atoms with Gasteiger partial charge in [0, 0.05) is 50.8 Å². The van der Waals surface area contributed by atoms with Crippen molar-refractivity contribution in [2.75, 3.05) is 54.5 Å². The minimum atomic E-state index is -3.91. The van der Waals surface area contributed by atoms with Crippen LogP contribution in [0.1, 0.15) is 54.6 Å². The van der Waals surface area contributed by atoms with Crippen molar-refractivity contribution in [1.29, 1.82) is 0 Å². The van der Waals surface area contributed by atoms with Crippen LogP contribution in [0.3, 0.4) is 0 Å². The second-order valence-electron chi connectivity index (χ2n) is 11.8. The number of amides is 1. The average Bonchev–Trinajstić information content (AvgIpc) is 3.53. The minimum Gasteiger partial charge on any atom is -0.389 e. The molecule has 0 bridgehead atoms. The number of aliphatic hydroxyl groups is 1. The van der Waals surface area contributed by atoms with Crippen molar-refractivity contribution >= 4 is 33.2 Å². The standard InChI is InChI=1S/C28H35F2N5O5S/c1-18-14-24(33-26(31-18)35-12-8-28(29,30)9-13-35)32-25(37)20-3-2-19(41(38,39)23-17-40-16-22(23)36)15-21(20)34-10-6-27(4-5-27)7-11-34/h2-3,14-15,22-23,36H,4-13,16-17H2,1H3,(H,31,32,33,37)/t22-,23-/m1/s1. The number of rotatable bonds is 6. The molecule has 4 heterocycles. The molecule has 2 aromatic rings. The number of anilines is 3. The number of nitrogens with zero attached hydrogens (tertiary/aromatic N) is 4. The average molecular weight is 592 g/mol. The van der Waals surface area contributed by atoms with E-state index in [1.807, 2.05) is 0 Å². The molecule has 1 aromatic heterocycles. The molecule has 2 atom stereocenters. The summed E-state index contributed by atoms with van der Waals surface area (Å²) in [5.74, 6) is -2.65. The zero-order chi connectivity index (χ0) is 29.0. The lowest BCUT2D eigenvalue weighted by atomic mass is 9.93. The second-order valence-corrected chi connectivity index (χ2v) is 14.0. The van der Waals surface area contributed by atoms with Gasteiger partial charge >= 0.3 is 0 Å². The number of halogens is 2. The number of hydrogen-bond donors (Lipinski definition) is 2. The van der Waals surface area contributed by atoms with E-state index in [2.05, 4.69) is 20.2 Å². The first kappa shape index (κ1) is 28.2. The molecule has 4 aliphatic rings. The number of benzene rings is 1. The molecule has 10 nitrogen and oxygen atoms in total. The second kappa shape index (κ2) is 10.4. The molecule has 1 saturated carbocycles. The Morgan fingerprint density at radius 2 is 1.68 bits per heavy atom. The summed E-state index contributed by atoms with van der Waals surface area (Å²) in [5, 5.41) is 12.0. The van der Waals surface area contributed by atoms with Crippen LogP contribution in [0.15, 0.2) is 29.2 Å². The number of sulfone groups is 1. The van der Waals surface area contributed by atoms with Crippen molar-refractivity contribution in [2.45, 2.75) is 67.6 Å². The van der Waals surface area contributed by atoms with E-state index in [4.69, 9.17) is 4.74 Å². The molecule has 0 unspecified atom stereocenters. The third kappa shape index (κ3) is 5.76. The molecule has 3 saturated heterocycles. The Balaban J connectivity index is 1.28. The Labute approximate surface area is 238 Å². The molecule has 0 radical (unpaired) electrons. The van der Waals surface area contributed by atoms with Gasteiger partial charge in [0.15, 0.2) is 9.84 Å². The zero-order valence-electron chi connectivity index (χ0n) is 23.0. The van der Waals surface area contributed by atoms with Crippen molar-refractivity contribution in [3.05, 3.63) is 35.5 Å². The summed E-state index contributed by atoms with van der Waals surface area (Å²) < 4.78 is 59.4. The Kier molecular flexibility index (Phi) is 7.18. The van der Waals surface area contributed by atoms with Gasteiger partial charge in [0.25, 0.3) is 11.8 Å². The summed E-state index contributed by atoms with van der Waals surface area (Å²) >= 11 is 0. The van der Waals surface area contributed by atoms with Gasteiger partial charge < -0.3 is 25.0 Å². The summed E-state index contributed by atoms with van der Waals surface area (Å²) in [7, 11) is -3.91. The maximum absolute atomic E-state index is 13.7. The summed E-state index contributed by atoms with van der Waals surface area (Å²) in [6, 6.07) is 6.04. The maximum atomic E-state index is 13.7. The van der Waals surface area contributed by atoms with E-state index in [0.717, 1.165) is 12.8 Å². The fraction of sp³-hybridized carbons (Fsp3) is 0.607. The van der Waals surface area contributed by atoms with E-state index in [1.54, 1.807) is 17.9 Å². The lowest BCUT2D eigenvalue weighted by Crippen LogP contribution is -2.40. The van der Waals surface area contributed by atoms with Crippen LogP contribution in [-0.4, -0.2) is 86.1 Å². The molecule has 1 aliphatic carbocycles. The summed E-state index contributed by atoms with van der Waals surface area (Å²) in [4.78, 5) is 26.3. The maximum Gasteiger partial charge on any atom is 0.258 e. The summed E-state index contributed by atoms with van der Waals surface area (Å²) in [6.45, 7) is 3.25. The van der Waals surface area contributed by atoms with Crippen molar-refractivity contribution in [3.8, 4) is 0 Å². The zero-order valence-corrected chi connectivity index (χ0v) is 23.8. The van der Waals surface area contributed by atoms with Gasteiger partial charge in [-0.2, -0.15) is 4.98 Å². The van der Waals surface area contributed by atoms with Crippen LogP contribution in [0.4, 0.5) is 26.2 Å². The predicted octanol–water partition coefficient (Wildman–Crippen LogP) is 3.19. The van der Waals surface area contributed by atoms with E-state index >= 15 is 0 Å². The van der Waals surface area contributed by atoms with Crippen molar-refractivity contribution in [2.24, 2.45) is 5.41 Å². The van der Waals surface area contributed by atoms with Crippen molar-refractivity contribution < 1.29 is 31.8 Å². The number of aliphatic hydroxyl groups excluding tert-OH is 1. The molecule has 2 N–H and O–H groups in total. The van der Waals surface area contributed by atoms with Crippen LogP contribution >= 0.6 is 0 Å². The lowest BCUT2D eigenvalue weighted by molar-refractivity contribution is -0.0222. The Bertz CT molecular complexity index is 1430. The highest BCUT2D eigenvalue weighted by atomic mass is 32.2. The van der Waals surface area contributed by atoms with Crippen LogP contribution in [0.25, 0.3) is 0 Å². The molecule has 1 amide bonds. The molecule has 13 heteroatoms. The number of hydrogen-bond acceptors (Lipinski definition) is 9. The highest BCUT2D eigenvalue weighted by Gasteiger charge is 2.45.